The van der Waals surface area contributed by atoms with Crippen LogP contribution in [-0.4, -0.2) is 17.6 Å². The Morgan fingerprint density at radius 2 is 1.70 bits per heavy atom. The van der Waals surface area contributed by atoms with Gasteiger partial charge in [0.2, 0.25) is 0 Å². The second kappa shape index (κ2) is 8.30. The monoisotopic (exact) mass is 473 g/mol. The number of nitrogens with zero attached hydrogens (tertiary/aromatic N) is 2. The predicted molar refractivity (Wildman–Crippen MR) is 125 cm³/mol. The maximum atomic E-state index is 12.9. The first kappa shape index (κ1) is 23.0. The van der Waals surface area contributed by atoms with Gasteiger partial charge in [0, 0.05) is 23.5 Å². The van der Waals surface area contributed by atoms with E-state index < -0.39 is 11.7 Å². The van der Waals surface area contributed by atoms with Crippen molar-refractivity contribution in [1.29, 1.82) is 0 Å². The van der Waals surface area contributed by atoms with E-state index in [0.717, 1.165) is 53.2 Å². The van der Waals surface area contributed by atoms with Crippen molar-refractivity contribution < 1.29 is 18.4 Å². The molecule has 0 amide bonds. The zero-order chi connectivity index (χ0) is 24.0. The Morgan fingerprint density at radius 1 is 1.03 bits per heavy atom. The second-order valence-electron chi connectivity index (χ2n) is 8.74. The van der Waals surface area contributed by atoms with Gasteiger partial charge in [0.25, 0.3) is 0 Å². The van der Waals surface area contributed by atoms with Crippen molar-refractivity contribution in [1.82, 2.24) is 0 Å². The quantitative estimate of drug-likeness (QED) is 0.187. The summed E-state index contributed by atoms with van der Waals surface area (Å²) in [6, 6.07) is 16.5. The van der Waals surface area contributed by atoms with Crippen molar-refractivity contribution in [3.63, 3.8) is 0 Å². The van der Waals surface area contributed by atoms with Crippen LogP contribution in [0.1, 0.15) is 37.0 Å². The van der Waals surface area contributed by atoms with Crippen LogP contribution in [0.2, 0.25) is 5.02 Å². The van der Waals surface area contributed by atoms with Gasteiger partial charge in [-0.2, -0.15) is 13.2 Å². The standard InChI is InChI=1S/C25H23ClF3N3O/c1-24(2)11-12-32(18-8-9-19(21(26)14-18)23(30)31-33)22-10-5-16(13-20(22)24)15-3-6-17(7-4-15)25(27,28)29/h3-10,13-14,33H,11-12H2,1-2H3,(H2,30,31). The van der Waals surface area contributed by atoms with Crippen LogP contribution in [0.15, 0.2) is 65.8 Å². The third-order valence-corrected chi connectivity index (χ3v) is 6.48. The zero-order valence-electron chi connectivity index (χ0n) is 18.1. The van der Waals surface area contributed by atoms with E-state index in [2.05, 4.69) is 30.0 Å². The van der Waals surface area contributed by atoms with E-state index in [4.69, 9.17) is 22.5 Å². The van der Waals surface area contributed by atoms with Gasteiger partial charge in [-0.25, -0.2) is 0 Å². The van der Waals surface area contributed by atoms with Crippen molar-refractivity contribution in [2.45, 2.75) is 31.9 Å². The molecule has 0 saturated carbocycles. The highest BCUT2D eigenvalue weighted by Gasteiger charge is 2.33. The minimum absolute atomic E-state index is 0.0621. The fraction of sp³-hybridized carbons (Fsp3) is 0.240. The molecule has 4 rings (SSSR count). The van der Waals surface area contributed by atoms with E-state index in [0.29, 0.717) is 10.6 Å². The summed E-state index contributed by atoms with van der Waals surface area (Å²) in [6.07, 6.45) is -3.49. The molecule has 0 unspecified atom stereocenters. The SMILES string of the molecule is CC1(C)CCN(c2ccc(/C(N)=N/O)c(Cl)c2)c2ccc(-c3ccc(C(F)(F)F)cc3)cc21. The van der Waals surface area contributed by atoms with Gasteiger partial charge in [0.05, 0.1) is 10.6 Å². The molecule has 0 aromatic heterocycles. The first-order valence-electron chi connectivity index (χ1n) is 10.4. The lowest BCUT2D eigenvalue weighted by Gasteiger charge is -2.40. The Kier molecular flexibility index (Phi) is 5.78. The summed E-state index contributed by atoms with van der Waals surface area (Å²) in [4.78, 5) is 2.15. The third kappa shape index (κ3) is 4.37. The molecule has 3 aromatic carbocycles. The molecule has 172 valence electrons. The topological polar surface area (TPSA) is 61.8 Å². The number of benzene rings is 3. The highest BCUT2D eigenvalue weighted by Crippen LogP contribution is 2.45. The summed E-state index contributed by atoms with van der Waals surface area (Å²) in [5.74, 6) is -0.0621. The lowest BCUT2D eigenvalue weighted by molar-refractivity contribution is -0.137. The van der Waals surface area contributed by atoms with Gasteiger partial charge < -0.3 is 15.8 Å². The molecule has 0 fully saturated rings. The highest BCUT2D eigenvalue weighted by molar-refractivity contribution is 6.34. The summed E-state index contributed by atoms with van der Waals surface area (Å²) < 4.78 is 38.8. The van der Waals surface area contributed by atoms with Crippen LogP contribution in [0.25, 0.3) is 11.1 Å². The van der Waals surface area contributed by atoms with Crippen LogP contribution in [-0.2, 0) is 11.6 Å². The normalized spacial score (nSPS) is 15.9. The van der Waals surface area contributed by atoms with E-state index in [1.54, 1.807) is 12.1 Å². The molecule has 4 nitrogen and oxygen atoms in total. The number of rotatable bonds is 3. The van der Waals surface area contributed by atoms with Crippen LogP contribution in [0.5, 0.6) is 0 Å². The molecule has 1 aliphatic heterocycles. The Labute approximate surface area is 195 Å². The van der Waals surface area contributed by atoms with E-state index in [1.807, 2.05) is 18.2 Å². The molecular weight excluding hydrogens is 451 g/mol. The molecule has 0 saturated heterocycles. The predicted octanol–water partition coefficient (Wildman–Crippen LogP) is 6.94. The van der Waals surface area contributed by atoms with Crippen molar-refractivity contribution in [2.24, 2.45) is 10.9 Å². The fourth-order valence-electron chi connectivity index (χ4n) is 4.19. The number of fused-ring (bicyclic) bond motifs is 1. The summed E-state index contributed by atoms with van der Waals surface area (Å²) >= 11 is 6.38. The number of nitrogens with two attached hydrogens (primary N) is 1. The first-order chi connectivity index (χ1) is 15.5. The fourth-order valence-corrected chi connectivity index (χ4v) is 4.46. The Hall–Kier alpha value is -3.19. The van der Waals surface area contributed by atoms with E-state index in [9.17, 15) is 13.2 Å². The van der Waals surface area contributed by atoms with Gasteiger partial charge in [-0.1, -0.05) is 48.8 Å². The number of oxime groups is 1. The summed E-state index contributed by atoms with van der Waals surface area (Å²) in [5, 5.41) is 12.3. The molecule has 0 spiro atoms. The molecule has 0 atom stereocenters. The van der Waals surface area contributed by atoms with Gasteiger partial charge in [-0.3, -0.25) is 0 Å². The Balaban J connectivity index is 1.74. The number of amidine groups is 1. The third-order valence-electron chi connectivity index (χ3n) is 6.17. The first-order valence-corrected chi connectivity index (χ1v) is 10.8. The van der Waals surface area contributed by atoms with Gasteiger partial charge in [-0.05, 0) is 71.0 Å². The average Bonchev–Trinajstić information content (AvgIpc) is 2.78. The molecule has 0 radical (unpaired) electrons. The molecular formula is C25H23ClF3N3O. The van der Waals surface area contributed by atoms with Gasteiger partial charge in [0.1, 0.15) is 0 Å². The molecule has 3 N–H and O–H groups in total. The van der Waals surface area contributed by atoms with Crippen molar-refractivity contribution in [3.05, 3.63) is 82.4 Å². The van der Waals surface area contributed by atoms with E-state index in [1.165, 1.54) is 12.1 Å². The lowest BCUT2D eigenvalue weighted by atomic mass is 9.76. The van der Waals surface area contributed by atoms with Crippen LogP contribution in [0.4, 0.5) is 24.5 Å². The maximum absolute atomic E-state index is 12.9. The summed E-state index contributed by atoms with van der Waals surface area (Å²) in [7, 11) is 0. The molecule has 1 heterocycles. The molecule has 0 aliphatic carbocycles. The van der Waals surface area contributed by atoms with Crippen LogP contribution in [0.3, 0.4) is 0 Å². The molecule has 0 bridgehead atoms. The van der Waals surface area contributed by atoms with Crippen LogP contribution < -0.4 is 10.6 Å². The van der Waals surface area contributed by atoms with Gasteiger partial charge in [-0.15, -0.1) is 0 Å². The van der Waals surface area contributed by atoms with E-state index >= 15 is 0 Å². The Morgan fingerprint density at radius 3 is 2.30 bits per heavy atom. The minimum atomic E-state index is -4.36. The van der Waals surface area contributed by atoms with Crippen molar-refractivity contribution in [3.8, 4) is 11.1 Å². The highest BCUT2D eigenvalue weighted by atomic mass is 35.5. The molecule has 1 aliphatic rings. The van der Waals surface area contributed by atoms with Crippen LogP contribution >= 0.6 is 11.6 Å². The number of halogens is 4. The lowest BCUT2D eigenvalue weighted by Crippen LogP contribution is -2.34. The smallest absolute Gasteiger partial charge is 0.409 e. The van der Waals surface area contributed by atoms with Crippen LogP contribution in [0, 0.1) is 0 Å². The molecule has 8 heteroatoms. The average molecular weight is 474 g/mol. The zero-order valence-corrected chi connectivity index (χ0v) is 18.9. The summed E-state index contributed by atoms with van der Waals surface area (Å²) in [6.45, 7) is 5.08. The van der Waals surface area contributed by atoms with E-state index in [-0.39, 0.29) is 11.3 Å². The largest absolute Gasteiger partial charge is 0.416 e. The number of hydrogen-bond acceptors (Lipinski definition) is 3. The van der Waals surface area contributed by atoms with Crippen molar-refractivity contribution in [2.75, 3.05) is 11.4 Å². The number of anilines is 2. The molecule has 33 heavy (non-hydrogen) atoms. The summed E-state index contributed by atoms with van der Waals surface area (Å²) in [5.41, 5.74) is 9.90. The number of hydrogen-bond donors (Lipinski definition) is 2. The second-order valence-corrected chi connectivity index (χ2v) is 9.15. The van der Waals surface area contributed by atoms with Gasteiger partial charge in [0.15, 0.2) is 5.84 Å². The number of alkyl halides is 3. The van der Waals surface area contributed by atoms with Gasteiger partial charge >= 0.3 is 6.18 Å². The van der Waals surface area contributed by atoms with Crippen molar-refractivity contribution >= 4 is 28.8 Å². The molecule has 3 aromatic rings. The maximum Gasteiger partial charge on any atom is 0.416 e. The minimum Gasteiger partial charge on any atom is -0.409 e. The Bertz CT molecular complexity index is 1220.